The first kappa shape index (κ1) is 15.0. The average Bonchev–Trinajstić information content (AvgIpc) is 2.45. The van der Waals surface area contributed by atoms with E-state index < -0.39 is 0 Å². The fourth-order valence-electron chi connectivity index (χ4n) is 3.40. The summed E-state index contributed by atoms with van der Waals surface area (Å²) < 4.78 is 0. The van der Waals surface area contributed by atoms with E-state index in [1.54, 1.807) is 0 Å². The molecular weight excluding hydrogens is 236 g/mol. The van der Waals surface area contributed by atoms with Crippen molar-refractivity contribution in [3.8, 4) is 0 Å². The first-order valence-electron chi connectivity index (χ1n) is 8.27. The number of carbonyl (C=O) groups is 1. The fourth-order valence-corrected chi connectivity index (χ4v) is 3.40. The van der Waals surface area contributed by atoms with Crippen molar-refractivity contribution in [2.75, 3.05) is 32.7 Å². The normalized spacial score (nSPS) is 23.9. The molecule has 2 aliphatic rings. The summed E-state index contributed by atoms with van der Waals surface area (Å²) in [4.78, 5) is 16.5. The molecule has 19 heavy (non-hydrogen) atoms. The summed E-state index contributed by atoms with van der Waals surface area (Å²) in [6.07, 6.45) is 9.33. The summed E-state index contributed by atoms with van der Waals surface area (Å²) in [5.41, 5.74) is 0. The van der Waals surface area contributed by atoms with E-state index in [-0.39, 0.29) is 0 Å². The number of unbranched alkanes of at least 4 members (excludes halogenated alkanes) is 3. The highest BCUT2D eigenvalue weighted by Crippen LogP contribution is 2.21. The van der Waals surface area contributed by atoms with Gasteiger partial charge in [-0.15, -0.1) is 0 Å². The highest BCUT2D eigenvalue weighted by Gasteiger charge is 2.26. The third kappa shape index (κ3) is 4.88. The molecule has 0 radical (unpaired) electrons. The van der Waals surface area contributed by atoms with E-state index in [0.29, 0.717) is 11.8 Å². The van der Waals surface area contributed by atoms with Gasteiger partial charge in [0.2, 0.25) is 0 Å². The number of hydrogen-bond donors (Lipinski definition) is 0. The Bertz CT molecular complexity index is 262. The van der Waals surface area contributed by atoms with Crippen LogP contribution in [0.15, 0.2) is 0 Å². The van der Waals surface area contributed by atoms with Crippen LogP contribution in [0.1, 0.15) is 58.3 Å². The maximum absolute atomic E-state index is 11.3. The van der Waals surface area contributed by atoms with Crippen LogP contribution in [0.25, 0.3) is 0 Å². The molecule has 0 bridgehead atoms. The Balaban J connectivity index is 1.61. The zero-order chi connectivity index (χ0) is 13.5. The number of ketones is 1. The van der Waals surface area contributed by atoms with Gasteiger partial charge in [-0.05, 0) is 25.8 Å². The average molecular weight is 266 g/mol. The molecule has 2 fully saturated rings. The summed E-state index contributed by atoms with van der Waals surface area (Å²) in [6.45, 7) is 8.46. The Labute approximate surface area is 118 Å². The molecule has 0 aromatic heterocycles. The SMILES string of the molecule is CCCCCCN1CCN(C2CCC(=O)CC2)CC1. The standard InChI is InChI=1S/C16H30N2O/c1-2-3-4-5-10-17-11-13-18(14-12-17)15-6-8-16(19)9-7-15/h15H,2-14H2,1H3. The number of piperazine rings is 1. The van der Waals surface area contributed by atoms with Crippen LogP contribution in [0.3, 0.4) is 0 Å². The molecule has 0 amide bonds. The molecule has 2 rings (SSSR count). The summed E-state index contributed by atoms with van der Waals surface area (Å²) >= 11 is 0. The van der Waals surface area contributed by atoms with Gasteiger partial charge in [0.25, 0.3) is 0 Å². The van der Waals surface area contributed by atoms with E-state index in [1.807, 2.05) is 0 Å². The van der Waals surface area contributed by atoms with Crippen molar-refractivity contribution >= 4 is 5.78 Å². The van der Waals surface area contributed by atoms with Crippen molar-refractivity contribution in [3.63, 3.8) is 0 Å². The maximum atomic E-state index is 11.3. The van der Waals surface area contributed by atoms with Gasteiger partial charge in [-0.2, -0.15) is 0 Å². The summed E-state index contributed by atoms with van der Waals surface area (Å²) in [5.74, 6) is 0.478. The molecule has 3 heteroatoms. The van der Waals surface area contributed by atoms with E-state index >= 15 is 0 Å². The minimum absolute atomic E-state index is 0.478. The lowest BCUT2D eigenvalue weighted by Crippen LogP contribution is -2.51. The van der Waals surface area contributed by atoms with Crippen molar-refractivity contribution in [1.82, 2.24) is 9.80 Å². The molecule has 1 saturated heterocycles. The Hall–Kier alpha value is -0.410. The van der Waals surface area contributed by atoms with Crippen molar-refractivity contribution in [3.05, 3.63) is 0 Å². The summed E-state index contributed by atoms with van der Waals surface area (Å²) in [6, 6.07) is 0.694. The monoisotopic (exact) mass is 266 g/mol. The van der Waals surface area contributed by atoms with Crippen LogP contribution in [0.4, 0.5) is 0 Å². The lowest BCUT2D eigenvalue weighted by molar-refractivity contribution is -0.121. The first-order chi connectivity index (χ1) is 9.29. The minimum atomic E-state index is 0.478. The molecule has 110 valence electrons. The molecule has 0 unspecified atom stereocenters. The quantitative estimate of drug-likeness (QED) is 0.691. The molecule has 1 aliphatic heterocycles. The van der Waals surface area contributed by atoms with Gasteiger partial charge < -0.3 is 4.90 Å². The summed E-state index contributed by atoms with van der Waals surface area (Å²) in [7, 11) is 0. The largest absolute Gasteiger partial charge is 0.301 e. The second kappa shape index (κ2) is 8.01. The lowest BCUT2D eigenvalue weighted by atomic mass is 9.93. The number of rotatable bonds is 6. The smallest absolute Gasteiger partial charge is 0.133 e. The van der Waals surface area contributed by atoms with Crippen molar-refractivity contribution in [2.45, 2.75) is 64.3 Å². The van der Waals surface area contributed by atoms with Gasteiger partial charge in [0, 0.05) is 45.1 Å². The second-order valence-electron chi connectivity index (χ2n) is 6.21. The molecule has 0 N–H and O–H groups in total. The van der Waals surface area contributed by atoms with E-state index in [1.165, 1.54) is 58.4 Å². The third-order valence-corrected chi connectivity index (χ3v) is 4.76. The Morgan fingerprint density at radius 3 is 2.32 bits per heavy atom. The Morgan fingerprint density at radius 2 is 1.68 bits per heavy atom. The topological polar surface area (TPSA) is 23.6 Å². The van der Waals surface area contributed by atoms with Gasteiger partial charge >= 0.3 is 0 Å². The van der Waals surface area contributed by atoms with Crippen molar-refractivity contribution < 1.29 is 4.79 Å². The number of nitrogens with zero attached hydrogens (tertiary/aromatic N) is 2. The van der Waals surface area contributed by atoms with E-state index in [9.17, 15) is 4.79 Å². The van der Waals surface area contributed by atoms with Crippen molar-refractivity contribution in [2.24, 2.45) is 0 Å². The zero-order valence-electron chi connectivity index (χ0n) is 12.6. The van der Waals surface area contributed by atoms with Crippen molar-refractivity contribution in [1.29, 1.82) is 0 Å². The molecule has 1 heterocycles. The van der Waals surface area contributed by atoms with Gasteiger partial charge in [0.05, 0.1) is 0 Å². The van der Waals surface area contributed by atoms with Crippen LogP contribution in [-0.4, -0.2) is 54.3 Å². The Kier molecular flexibility index (Phi) is 6.32. The predicted molar refractivity (Wildman–Crippen MR) is 79.4 cm³/mol. The number of Topliss-reactive ketones (excluding diaryl/α,β-unsaturated/α-hetero) is 1. The van der Waals surface area contributed by atoms with Crippen LogP contribution in [-0.2, 0) is 4.79 Å². The van der Waals surface area contributed by atoms with Crippen LogP contribution >= 0.6 is 0 Å². The van der Waals surface area contributed by atoms with Crippen LogP contribution in [0, 0.1) is 0 Å². The van der Waals surface area contributed by atoms with Crippen LogP contribution < -0.4 is 0 Å². The van der Waals surface area contributed by atoms with E-state index in [0.717, 1.165) is 25.7 Å². The second-order valence-corrected chi connectivity index (χ2v) is 6.21. The van der Waals surface area contributed by atoms with Gasteiger partial charge in [-0.1, -0.05) is 26.2 Å². The van der Waals surface area contributed by atoms with Gasteiger partial charge in [0.1, 0.15) is 5.78 Å². The number of carbonyl (C=O) groups excluding carboxylic acids is 1. The van der Waals surface area contributed by atoms with E-state index in [2.05, 4.69) is 16.7 Å². The first-order valence-corrected chi connectivity index (χ1v) is 8.27. The van der Waals surface area contributed by atoms with Crippen LogP contribution in [0.5, 0.6) is 0 Å². The molecule has 0 aromatic carbocycles. The highest BCUT2D eigenvalue weighted by molar-refractivity contribution is 5.79. The van der Waals surface area contributed by atoms with Crippen LogP contribution in [0.2, 0.25) is 0 Å². The lowest BCUT2D eigenvalue weighted by Gasteiger charge is -2.40. The molecule has 1 saturated carbocycles. The maximum Gasteiger partial charge on any atom is 0.133 e. The molecule has 0 aromatic rings. The van der Waals surface area contributed by atoms with E-state index in [4.69, 9.17) is 0 Å². The summed E-state index contributed by atoms with van der Waals surface area (Å²) in [5, 5.41) is 0. The molecule has 0 spiro atoms. The molecule has 3 nitrogen and oxygen atoms in total. The van der Waals surface area contributed by atoms with Gasteiger partial charge in [-0.3, -0.25) is 9.69 Å². The molecule has 1 aliphatic carbocycles. The zero-order valence-corrected chi connectivity index (χ0v) is 12.6. The van der Waals surface area contributed by atoms with Gasteiger partial charge in [-0.25, -0.2) is 0 Å². The fraction of sp³-hybridized carbons (Fsp3) is 0.938. The molecule has 0 atom stereocenters. The molecular formula is C16H30N2O. The third-order valence-electron chi connectivity index (χ3n) is 4.76. The minimum Gasteiger partial charge on any atom is -0.301 e. The highest BCUT2D eigenvalue weighted by atomic mass is 16.1. The van der Waals surface area contributed by atoms with Gasteiger partial charge in [0.15, 0.2) is 0 Å². The number of hydrogen-bond acceptors (Lipinski definition) is 3. The predicted octanol–water partition coefficient (Wildman–Crippen LogP) is 2.70. The Morgan fingerprint density at radius 1 is 1.00 bits per heavy atom.